The lowest BCUT2D eigenvalue weighted by Crippen LogP contribution is -1.93. The van der Waals surface area contributed by atoms with Crippen molar-refractivity contribution >= 4 is 40.1 Å². The van der Waals surface area contributed by atoms with E-state index in [1.54, 1.807) is 42.5 Å². The number of hydrogen-bond donors (Lipinski definition) is 2. The van der Waals surface area contributed by atoms with Gasteiger partial charge in [-0.2, -0.15) is 0 Å². The predicted molar refractivity (Wildman–Crippen MR) is 118 cm³/mol. The summed E-state index contributed by atoms with van der Waals surface area (Å²) in [5.41, 5.74) is 1.64. The molecule has 0 radical (unpaired) electrons. The van der Waals surface area contributed by atoms with Crippen LogP contribution < -0.4 is 9.47 Å². The zero-order valence-electron chi connectivity index (χ0n) is 16.1. The standard InChI is InChI=1S/C14H11ClO3.C8H7BrO3/c1-18-13-7-6-9(11(8-16)14(13)17)10-4-2-3-5-12(10)15;1-12-7-3-2-6(9)5(4-10)8(7)11/h2-8,17H,1H3;2-4,11H,1H3. The van der Waals surface area contributed by atoms with Crippen molar-refractivity contribution in [2.45, 2.75) is 0 Å². The Balaban J connectivity index is 0.000000232. The van der Waals surface area contributed by atoms with Gasteiger partial charge in [-0.25, -0.2) is 0 Å². The Morgan fingerprint density at radius 1 is 0.800 bits per heavy atom. The van der Waals surface area contributed by atoms with Crippen LogP contribution in [0.3, 0.4) is 0 Å². The number of phenolic OH excluding ortho intramolecular Hbond substituents is 2. The molecule has 0 fully saturated rings. The van der Waals surface area contributed by atoms with Crippen LogP contribution in [0.1, 0.15) is 20.7 Å². The molecule has 6 nitrogen and oxygen atoms in total. The second kappa shape index (κ2) is 10.7. The largest absolute Gasteiger partial charge is 0.504 e. The minimum absolute atomic E-state index is 0.137. The molecule has 0 atom stereocenters. The molecular formula is C22H18BrClO6. The third-order valence-corrected chi connectivity index (χ3v) is 5.17. The first kappa shape index (κ1) is 23.3. The van der Waals surface area contributed by atoms with Gasteiger partial charge in [0.15, 0.2) is 35.6 Å². The van der Waals surface area contributed by atoms with E-state index in [1.165, 1.54) is 14.2 Å². The summed E-state index contributed by atoms with van der Waals surface area (Å²) in [6.07, 6.45) is 1.17. The summed E-state index contributed by atoms with van der Waals surface area (Å²) in [4.78, 5) is 21.6. The van der Waals surface area contributed by atoms with Crippen LogP contribution in [-0.4, -0.2) is 37.0 Å². The summed E-state index contributed by atoms with van der Waals surface area (Å²) in [7, 11) is 2.86. The van der Waals surface area contributed by atoms with E-state index in [9.17, 15) is 19.8 Å². The molecule has 0 aliphatic heterocycles. The minimum atomic E-state index is -0.176. The van der Waals surface area contributed by atoms with Crippen molar-refractivity contribution in [1.82, 2.24) is 0 Å². The lowest BCUT2D eigenvalue weighted by atomic mass is 9.99. The summed E-state index contributed by atoms with van der Waals surface area (Å²) in [5.74, 6) is 0.236. The summed E-state index contributed by atoms with van der Waals surface area (Å²) in [6.45, 7) is 0. The molecule has 0 heterocycles. The average molecular weight is 494 g/mol. The second-order valence-electron chi connectivity index (χ2n) is 5.81. The Morgan fingerprint density at radius 2 is 1.33 bits per heavy atom. The van der Waals surface area contributed by atoms with Crippen molar-refractivity contribution in [3.8, 4) is 34.1 Å². The maximum Gasteiger partial charge on any atom is 0.169 e. The highest BCUT2D eigenvalue weighted by atomic mass is 79.9. The number of phenols is 2. The van der Waals surface area contributed by atoms with Crippen molar-refractivity contribution in [2.75, 3.05) is 14.2 Å². The van der Waals surface area contributed by atoms with Gasteiger partial charge in [0.25, 0.3) is 0 Å². The van der Waals surface area contributed by atoms with Crippen molar-refractivity contribution in [2.24, 2.45) is 0 Å². The Bertz CT molecular complexity index is 1070. The van der Waals surface area contributed by atoms with Crippen LogP contribution in [0.5, 0.6) is 23.0 Å². The Hall–Kier alpha value is -3.03. The topological polar surface area (TPSA) is 93.1 Å². The van der Waals surface area contributed by atoms with Crippen LogP contribution in [0, 0.1) is 0 Å². The van der Waals surface area contributed by atoms with Gasteiger partial charge in [0.05, 0.1) is 25.3 Å². The monoisotopic (exact) mass is 492 g/mol. The van der Waals surface area contributed by atoms with Crippen LogP contribution in [0.4, 0.5) is 0 Å². The van der Waals surface area contributed by atoms with Crippen molar-refractivity contribution in [3.05, 3.63) is 69.2 Å². The van der Waals surface area contributed by atoms with E-state index in [2.05, 4.69) is 15.9 Å². The Morgan fingerprint density at radius 3 is 1.87 bits per heavy atom. The van der Waals surface area contributed by atoms with Crippen LogP contribution >= 0.6 is 27.5 Å². The fourth-order valence-corrected chi connectivity index (χ4v) is 3.28. The maximum atomic E-state index is 11.1. The van der Waals surface area contributed by atoms with Gasteiger partial charge < -0.3 is 19.7 Å². The highest BCUT2D eigenvalue weighted by Crippen LogP contribution is 2.38. The Labute approximate surface area is 186 Å². The molecule has 0 aromatic heterocycles. The normalized spacial score (nSPS) is 9.87. The first-order valence-electron chi connectivity index (χ1n) is 8.50. The quantitative estimate of drug-likeness (QED) is 0.455. The van der Waals surface area contributed by atoms with Crippen molar-refractivity contribution in [1.29, 1.82) is 0 Å². The molecule has 0 saturated heterocycles. The van der Waals surface area contributed by atoms with E-state index in [-0.39, 0.29) is 28.4 Å². The zero-order valence-corrected chi connectivity index (χ0v) is 18.4. The zero-order chi connectivity index (χ0) is 22.3. The van der Waals surface area contributed by atoms with Crippen molar-refractivity contribution < 1.29 is 29.3 Å². The first-order valence-corrected chi connectivity index (χ1v) is 9.67. The summed E-state index contributed by atoms with van der Waals surface area (Å²) < 4.78 is 10.3. The number of rotatable bonds is 5. The van der Waals surface area contributed by atoms with Gasteiger partial charge in [-0.05, 0) is 51.8 Å². The van der Waals surface area contributed by atoms with E-state index in [0.29, 0.717) is 38.9 Å². The Kier molecular flexibility index (Phi) is 8.26. The number of aldehydes is 2. The molecule has 0 bridgehead atoms. The number of aromatic hydroxyl groups is 2. The lowest BCUT2D eigenvalue weighted by Gasteiger charge is -2.11. The molecule has 0 unspecified atom stereocenters. The highest BCUT2D eigenvalue weighted by Gasteiger charge is 2.15. The summed E-state index contributed by atoms with van der Waals surface area (Å²) >= 11 is 9.21. The molecule has 2 N–H and O–H groups in total. The number of halogens is 2. The minimum Gasteiger partial charge on any atom is -0.504 e. The van der Waals surface area contributed by atoms with Gasteiger partial charge in [0.2, 0.25) is 0 Å². The van der Waals surface area contributed by atoms with E-state index >= 15 is 0 Å². The predicted octanol–water partition coefficient (Wildman–Crippen LogP) is 5.51. The number of ether oxygens (including phenoxy) is 2. The molecular weight excluding hydrogens is 476 g/mol. The molecule has 3 aromatic rings. The van der Waals surface area contributed by atoms with E-state index < -0.39 is 0 Å². The van der Waals surface area contributed by atoms with E-state index in [1.807, 2.05) is 6.07 Å². The van der Waals surface area contributed by atoms with Crippen LogP contribution in [0.15, 0.2) is 53.0 Å². The molecule has 30 heavy (non-hydrogen) atoms. The molecule has 0 amide bonds. The summed E-state index contributed by atoms with van der Waals surface area (Å²) in [6, 6.07) is 13.6. The smallest absolute Gasteiger partial charge is 0.169 e. The molecule has 0 aliphatic carbocycles. The molecule has 0 aliphatic rings. The van der Waals surface area contributed by atoms with Gasteiger partial charge in [0, 0.05) is 15.1 Å². The third kappa shape index (κ3) is 4.93. The fraction of sp³-hybridized carbons (Fsp3) is 0.0909. The molecule has 0 spiro atoms. The van der Waals surface area contributed by atoms with Crippen LogP contribution in [0.2, 0.25) is 5.02 Å². The maximum absolute atomic E-state index is 11.1. The van der Waals surface area contributed by atoms with Gasteiger partial charge in [-0.3, -0.25) is 9.59 Å². The van der Waals surface area contributed by atoms with Crippen LogP contribution in [-0.2, 0) is 0 Å². The molecule has 8 heteroatoms. The molecule has 0 saturated carbocycles. The van der Waals surface area contributed by atoms with Gasteiger partial charge in [-0.1, -0.05) is 29.8 Å². The van der Waals surface area contributed by atoms with E-state index in [4.69, 9.17) is 21.1 Å². The highest BCUT2D eigenvalue weighted by molar-refractivity contribution is 9.10. The van der Waals surface area contributed by atoms with Gasteiger partial charge in [-0.15, -0.1) is 0 Å². The van der Waals surface area contributed by atoms with Gasteiger partial charge in [0.1, 0.15) is 0 Å². The average Bonchev–Trinajstić information content (AvgIpc) is 2.75. The van der Waals surface area contributed by atoms with Gasteiger partial charge >= 0.3 is 0 Å². The number of hydrogen-bond acceptors (Lipinski definition) is 6. The molecule has 3 rings (SSSR count). The molecule has 3 aromatic carbocycles. The molecule has 156 valence electrons. The van der Waals surface area contributed by atoms with Crippen LogP contribution in [0.25, 0.3) is 11.1 Å². The third-order valence-electron chi connectivity index (χ3n) is 4.15. The van der Waals surface area contributed by atoms with E-state index in [0.717, 1.165) is 0 Å². The number of benzene rings is 3. The second-order valence-corrected chi connectivity index (χ2v) is 7.07. The lowest BCUT2D eigenvalue weighted by molar-refractivity contribution is 0.111. The fourth-order valence-electron chi connectivity index (χ4n) is 2.63. The number of carbonyl (C=O) groups is 2. The number of carbonyl (C=O) groups excluding carboxylic acids is 2. The summed E-state index contributed by atoms with van der Waals surface area (Å²) in [5, 5.41) is 19.8. The van der Waals surface area contributed by atoms with Crippen molar-refractivity contribution in [3.63, 3.8) is 0 Å². The number of methoxy groups -OCH3 is 2. The SMILES string of the molecule is COc1ccc(-c2ccccc2Cl)c(C=O)c1O.COc1ccc(Br)c(C=O)c1O. The first-order chi connectivity index (χ1) is 14.4.